The first-order valence-electron chi connectivity index (χ1n) is 7.50. The number of carbonyl (C=O) groups excluding carboxylic acids is 3. The van der Waals surface area contributed by atoms with Gasteiger partial charge in [0.25, 0.3) is 11.8 Å². The number of nitrogens with zero attached hydrogens (tertiary/aromatic N) is 3. The summed E-state index contributed by atoms with van der Waals surface area (Å²) in [6.07, 6.45) is 2.68. The second-order valence-electron chi connectivity index (χ2n) is 5.84. The summed E-state index contributed by atoms with van der Waals surface area (Å²) in [6, 6.07) is 3.23. The van der Waals surface area contributed by atoms with Crippen molar-refractivity contribution in [3.05, 3.63) is 24.0 Å². The van der Waals surface area contributed by atoms with E-state index in [4.69, 9.17) is 0 Å². The Labute approximate surface area is 133 Å². The number of likely N-dealkylation sites (N-methyl/N-ethyl adjacent to an activating group) is 1. The molecular weight excluding hydrogens is 298 g/mol. The molecule has 0 atom stereocenters. The summed E-state index contributed by atoms with van der Waals surface area (Å²) in [5.74, 6) is -0.400. The number of nitrogens with one attached hydrogen (secondary N) is 2. The standard InChI is InChI=1S/C15H19N5O3/c1-16-12(21)11-9-10(3-6-17-11)20-7-4-15(5-8-20)13(22)19(2)14(23)18-15/h3,6,9H,4-5,7-8H2,1-2H3,(H,16,21)(H,18,23). The first kappa shape index (κ1) is 15.3. The number of anilines is 1. The van der Waals surface area contributed by atoms with E-state index in [2.05, 4.69) is 20.5 Å². The lowest BCUT2D eigenvalue weighted by molar-refractivity contribution is -0.131. The molecule has 2 fully saturated rings. The molecule has 8 heteroatoms. The summed E-state index contributed by atoms with van der Waals surface area (Å²) in [5, 5.41) is 5.36. The Kier molecular flexibility index (Phi) is 3.67. The highest BCUT2D eigenvalue weighted by Gasteiger charge is 2.50. The number of amides is 4. The first-order valence-corrected chi connectivity index (χ1v) is 7.50. The lowest BCUT2D eigenvalue weighted by Crippen LogP contribution is -2.55. The largest absolute Gasteiger partial charge is 0.371 e. The summed E-state index contributed by atoms with van der Waals surface area (Å²) >= 11 is 0. The van der Waals surface area contributed by atoms with E-state index in [1.165, 1.54) is 7.05 Å². The predicted octanol–water partition coefficient (Wildman–Crippen LogP) is -0.0382. The van der Waals surface area contributed by atoms with Gasteiger partial charge >= 0.3 is 6.03 Å². The summed E-state index contributed by atoms with van der Waals surface area (Å²) in [6.45, 7) is 1.24. The van der Waals surface area contributed by atoms with Crippen LogP contribution in [0.1, 0.15) is 23.3 Å². The quantitative estimate of drug-likeness (QED) is 0.747. The Bertz CT molecular complexity index is 667. The zero-order valence-electron chi connectivity index (χ0n) is 13.1. The molecule has 0 aliphatic carbocycles. The fourth-order valence-electron chi connectivity index (χ4n) is 3.11. The van der Waals surface area contributed by atoms with Gasteiger partial charge in [0.1, 0.15) is 11.2 Å². The van der Waals surface area contributed by atoms with Gasteiger partial charge in [-0.1, -0.05) is 0 Å². The van der Waals surface area contributed by atoms with Crippen molar-refractivity contribution in [2.45, 2.75) is 18.4 Å². The van der Waals surface area contributed by atoms with Crippen molar-refractivity contribution in [1.29, 1.82) is 0 Å². The smallest absolute Gasteiger partial charge is 0.324 e. The third-order valence-electron chi connectivity index (χ3n) is 4.55. The lowest BCUT2D eigenvalue weighted by atomic mass is 9.87. The van der Waals surface area contributed by atoms with Crippen LogP contribution in [-0.2, 0) is 4.79 Å². The van der Waals surface area contributed by atoms with Crippen LogP contribution in [0.3, 0.4) is 0 Å². The van der Waals surface area contributed by atoms with Gasteiger partial charge in [-0.2, -0.15) is 0 Å². The van der Waals surface area contributed by atoms with E-state index in [-0.39, 0.29) is 17.8 Å². The minimum absolute atomic E-state index is 0.164. The second-order valence-corrected chi connectivity index (χ2v) is 5.84. The summed E-state index contributed by atoms with van der Waals surface area (Å²) in [5.41, 5.74) is 0.466. The minimum Gasteiger partial charge on any atom is -0.371 e. The van der Waals surface area contributed by atoms with Crippen molar-refractivity contribution < 1.29 is 14.4 Å². The number of hydrogen-bond donors (Lipinski definition) is 2. The van der Waals surface area contributed by atoms with Crippen molar-refractivity contribution in [2.24, 2.45) is 0 Å². The Morgan fingerprint density at radius 1 is 1.35 bits per heavy atom. The molecule has 2 aliphatic heterocycles. The van der Waals surface area contributed by atoms with Crippen LogP contribution in [0.25, 0.3) is 0 Å². The zero-order valence-corrected chi connectivity index (χ0v) is 13.1. The molecule has 0 unspecified atom stereocenters. The van der Waals surface area contributed by atoms with E-state index in [0.29, 0.717) is 31.6 Å². The number of rotatable bonds is 2. The van der Waals surface area contributed by atoms with E-state index in [0.717, 1.165) is 10.6 Å². The van der Waals surface area contributed by atoms with Crippen LogP contribution in [0.4, 0.5) is 10.5 Å². The molecule has 122 valence electrons. The van der Waals surface area contributed by atoms with Gasteiger partial charge < -0.3 is 15.5 Å². The molecule has 1 spiro atoms. The molecule has 8 nitrogen and oxygen atoms in total. The third-order valence-corrected chi connectivity index (χ3v) is 4.55. The Hall–Kier alpha value is -2.64. The molecule has 0 radical (unpaired) electrons. The maximum Gasteiger partial charge on any atom is 0.324 e. The average Bonchev–Trinajstić information content (AvgIpc) is 2.79. The Morgan fingerprint density at radius 3 is 2.61 bits per heavy atom. The van der Waals surface area contributed by atoms with E-state index < -0.39 is 5.54 Å². The van der Waals surface area contributed by atoms with Crippen LogP contribution in [0, 0.1) is 0 Å². The van der Waals surface area contributed by atoms with Gasteiger partial charge in [0.15, 0.2) is 0 Å². The normalized spacial score (nSPS) is 19.9. The number of carbonyl (C=O) groups is 3. The van der Waals surface area contributed by atoms with Gasteiger partial charge in [-0.25, -0.2) is 4.79 Å². The van der Waals surface area contributed by atoms with E-state index >= 15 is 0 Å². The molecule has 2 aliphatic rings. The molecule has 2 N–H and O–H groups in total. The summed E-state index contributed by atoms with van der Waals surface area (Å²) in [7, 11) is 3.06. The highest BCUT2D eigenvalue weighted by Crippen LogP contribution is 2.31. The molecule has 3 rings (SSSR count). The highest BCUT2D eigenvalue weighted by molar-refractivity contribution is 6.06. The number of imide groups is 1. The third kappa shape index (κ3) is 2.49. The van der Waals surface area contributed by atoms with Gasteiger partial charge in [-0.15, -0.1) is 0 Å². The van der Waals surface area contributed by atoms with E-state index in [1.807, 2.05) is 6.07 Å². The van der Waals surface area contributed by atoms with E-state index in [9.17, 15) is 14.4 Å². The van der Waals surface area contributed by atoms with E-state index in [1.54, 1.807) is 19.3 Å². The SMILES string of the molecule is CNC(=O)c1cc(N2CCC3(CC2)NC(=O)N(C)C3=O)ccn1. The number of aromatic nitrogens is 1. The van der Waals surface area contributed by atoms with Crippen LogP contribution in [0.15, 0.2) is 18.3 Å². The Balaban J connectivity index is 1.74. The van der Waals surface area contributed by atoms with Gasteiger partial charge in [-0.05, 0) is 25.0 Å². The molecule has 0 aromatic carbocycles. The van der Waals surface area contributed by atoms with Crippen molar-refractivity contribution in [3.63, 3.8) is 0 Å². The highest BCUT2D eigenvalue weighted by atomic mass is 16.2. The molecule has 23 heavy (non-hydrogen) atoms. The molecule has 1 aromatic rings. The second kappa shape index (κ2) is 5.53. The summed E-state index contributed by atoms with van der Waals surface area (Å²) in [4.78, 5) is 42.9. The van der Waals surface area contributed by atoms with Crippen LogP contribution < -0.4 is 15.5 Å². The van der Waals surface area contributed by atoms with Crippen LogP contribution in [-0.4, -0.2) is 60.5 Å². The molecular formula is C15H19N5O3. The van der Waals surface area contributed by atoms with Crippen molar-refractivity contribution in [1.82, 2.24) is 20.5 Å². The number of piperidine rings is 1. The monoisotopic (exact) mass is 317 g/mol. The van der Waals surface area contributed by atoms with Crippen molar-refractivity contribution >= 4 is 23.5 Å². The number of pyridine rings is 1. The van der Waals surface area contributed by atoms with Crippen LogP contribution in [0.5, 0.6) is 0 Å². The fourth-order valence-corrected chi connectivity index (χ4v) is 3.11. The van der Waals surface area contributed by atoms with Gasteiger partial charge in [0.2, 0.25) is 0 Å². The number of hydrogen-bond acceptors (Lipinski definition) is 5. The maximum atomic E-state index is 12.3. The average molecular weight is 317 g/mol. The lowest BCUT2D eigenvalue weighted by Gasteiger charge is -2.38. The topological polar surface area (TPSA) is 94.6 Å². The minimum atomic E-state index is -0.779. The zero-order chi connectivity index (χ0) is 16.6. The predicted molar refractivity (Wildman–Crippen MR) is 83.1 cm³/mol. The molecule has 2 saturated heterocycles. The molecule has 0 saturated carbocycles. The maximum absolute atomic E-state index is 12.3. The molecule has 3 heterocycles. The molecule has 0 bridgehead atoms. The molecule has 4 amide bonds. The fraction of sp³-hybridized carbons (Fsp3) is 0.467. The van der Waals surface area contributed by atoms with Crippen LogP contribution >= 0.6 is 0 Å². The molecule has 1 aromatic heterocycles. The Morgan fingerprint density at radius 2 is 2.04 bits per heavy atom. The van der Waals surface area contributed by atoms with Gasteiger partial charge in [0, 0.05) is 39.1 Å². The number of urea groups is 1. The van der Waals surface area contributed by atoms with Gasteiger partial charge in [0.05, 0.1) is 0 Å². The van der Waals surface area contributed by atoms with Crippen LogP contribution in [0.2, 0.25) is 0 Å². The first-order chi connectivity index (χ1) is 11.0. The van der Waals surface area contributed by atoms with Gasteiger partial charge in [-0.3, -0.25) is 19.5 Å². The summed E-state index contributed by atoms with van der Waals surface area (Å²) < 4.78 is 0. The van der Waals surface area contributed by atoms with Crippen molar-refractivity contribution in [3.8, 4) is 0 Å². The van der Waals surface area contributed by atoms with Crippen molar-refractivity contribution in [2.75, 3.05) is 32.1 Å².